The van der Waals surface area contributed by atoms with Crippen LogP contribution in [0.4, 0.5) is 5.69 Å². The van der Waals surface area contributed by atoms with Gasteiger partial charge < -0.3 is 24.4 Å². The van der Waals surface area contributed by atoms with Crippen molar-refractivity contribution in [1.82, 2.24) is 10.2 Å². The number of nitrogens with zero attached hydrogens (tertiary/aromatic N) is 2. The molecule has 0 heterocycles. The minimum absolute atomic E-state index is 0.0536. The fraction of sp³-hybridized carbons (Fsp3) is 0.375. The van der Waals surface area contributed by atoms with Crippen LogP contribution in [0.5, 0.6) is 17.2 Å². The second-order valence-corrected chi connectivity index (χ2v) is 13.4. The van der Waals surface area contributed by atoms with E-state index in [0.29, 0.717) is 12.2 Å². The van der Waals surface area contributed by atoms with E-state index < -0.39 is 34.1 Å². The first-order valence-electron chi connectivity index (χ1n) is 14.0. The molecule has 2 amide bonds. The summed E-state index contributed by atoms with van der Waals surface area (Å²) in [6.45, 7) is 6.68. The highest BCUT2D eigenvalue weighted by Gasteiger charge is 2.35. The van der Waals surface area contributed by atoms with Crippen LogP contribution in [0, 0.1) is 0 Å². The lowest BCUT2D eigenvalue weighted by Crippen LogP contribution is -2.55. The standard InChI is InChI=1S/C32H40ClN3O7S/c1-22(31(38)34-32(2,3)4)35(18-17-23-11-9-8-10-12-23)30(37)21-36(26-19-24(33)13-15-27(26)41-5)44(39,40)25-14-16-28(42-6)29(20-25)43-7/h8-16,19-20,22H,17-18,21H2,1-7H3,(H,34,38)/t22-/m1/s1. The minimum Gasteiger partial charge on any atom is -0.495 e. The summed E-state index contributed by atoms with van der Waals surface area (Å²) < 4.78 is 45.6. The van der Waals surface area contributed by atoms with Crippen LogP contribution >= 0.6 is 11.6 Å². The Morgan fingerprint density at radius 2 is 1.50 bits per heavy atom. The zero-order valence-electron chi connectivity index (χ0n) is 26.1. The molecule has 0 aliphatic rings. The number of anilines is 1. The van der Waals surface area contributed by atoms with E-state index in [1.807, 2.05) is 51.1 Å². The van der Waals surface area contributed by atoms with Crippen LogP contribution in [0.3, 0.4) is 0 Å². The maximum atomic E-state index is 14.3. The van der Waals surface area contributed by atoms with E-state index in [9.17, 15) is 18.0 Å². The molecule has 238 valence electrons. The highest BCUT2D eigenvalue weighted by molar-refractivity contribution is 7.92. The third kappa shape index (κ3) is 8.57. The average molecular weight is 646 g/mol. The molecule has 0 saturated heterocycles. The Hall–Kier alpha value is -3.96. The van der Waals surface area contributed by atoms with Crippen LogP contribution in [-0.2, 0) is 26.0 Å². The van der Waals surface area contributed by atoms with Gasteiger partial charge in [-0.15, -0.1) is 0 Å². The van der Waals surface area contributed by atoms with Crippen molar-refractivity contribution in [3.05, 3.63) is 77.3 Å². The molecule has 0 aliphatic carbocycles. The molecule has 0 unspecified atom stereocenters. The van der Waals surface area contributed by atoms with Crippen molar-refractivity contribution >= 4 is 39.1 Å². The van der Waals surface area contributed by atoms with Crippen LogP contribution in [0.2, 0.25) is 5.02 Å². The van der Waals surface area contributed by atoms with Gasteiger partial charge >= 0.3 is 0 Å². The summed E-state index contributed by atoms with van der Waals surface area (Å²) in [5.41, 5.74) is 0.467. The van der Waals surface area contributed by atoms with Gasteiger partial charge in [0.25, 0.3) is 10.0 Å². The number of sulfonamides is 1. The van der Waals surface area contributed by atoms with Gasteiger partial charge in [0, 0.05) is 23.2 Å². The summed E-state index contributed by atoms with van der Waals surface area (Å²) in [6, 6.07) is 17.2. The van der Waals surface area contributed by atoms with E-state index in [0.717, 1.165) is 9.87 Å². The lowest BCUT2D eigenvalue weighted by Gasteiger charge is -2.33. The van der Waals surface area contributed by atoms with Crippen LogP contribution in [0.25, 0.3) is 0 Å². The Labute approximate surface area is 264 Å². The molecule has 0 radical (unpaired) electrons. The van der Waals surface area contributed by atoms with Gasteiger partial charge in [-0.1, -0.05) is 41.9 Å². The second kappa shape index (κ2) is 14.7. The second-order valence-electron chi connectivity index (χ2n) is 11.1. The third-order valence-corrected chi connectivity index (χ3v) is 8.77. The molecule has 3 aromatic rings. The number of carbonyl (C=O) groups excluding carboxylic acids is 2. The molecular formula is C32H40ClN3O7S. The number of hydrogen-bond acceptors (Lipinski definition) is 7. The third-order valence-electron chi connectivity index (χ3n) is 6.78. The molecular weight excluding hydrogens is 606 g/mol. The van der Waals surface area contributed by atoms with Crippen LogP contribution < -0.4 is 23.8 Å². The van der Waals surface area contributed by atoms with E-state index in [1.54, 1.807) is 13.0 Å². The summed E-state index contributed by atoms with van der Waals surface area (Å²) in [5.74, 6) is -0.257. The number of halogens is 1. The molecule has 0 fully saturated rings. The van der Waals surface area contributed by atoms with Gasteiger partial charge in [0.15, 0.2) is 11.5 Å². The Balaban J connectivity index is 2.11. The topological polar surface area (TPSA) is 114 Å². The maximum absolute atomic E-state index is 14.3. The van der Waals surface area contributed by atoms with Gasteiger partial charge in [-0.05, 0) is 70.0 Å². The summed E-state index contributed by atoms with van der Waals surface area (Å²) in [7, 11) is -0.198. The predicted octanol–water partition coefficient (Wildman–Crippen LogP) is 4.94. The van der Waals surface area contributed by atoms with Crippen molar-refractivity contribution < 1.29 is 32.2 Å². The van der Waals surface area contributed by atoms with E-state index in [2.05, 4.69) is 5.32 Å². The molecule has 3 aromatic carbocycles. The fourth-order valence-corrected chi connectivity index (χ4v) is 6.12. The summed E-state index contributed by atoms with van der Waals surface area (Å²) in [4.78, 5) is 28.7. The number of rotatable bonds is 13. The molecule has 0 spiro atoms. The Bertz CT molecular complexity index is 1560. The van der Waals surface area contributed by atoms with E-state index in [1.165, 1.54) is 56.6 Å². The quantitative estimate of drug-likeness (QED) is 0.280. The fourth-order valence-electron chi connectivity index (χ4n) is 4.52. The normalized spacial score (nSPS) is 12.2. The number of amides is 2. The SMILES string of the molecule is COc1ccc(S(=O)(=O)N(CC(=O)N(CCc2ccccc2)[C@H](C)C(=O)NC(C)(C)C)c2cc(Cl)ccc2OC)cc1OC. The zero-order chi connectivity index (χ0) is 32.7. The minimum atomic E-state index is -4.42. The summed E-state index contributed by atoms with van der Waals surface area (Å²) in [6.07, 6.45) is 0.447. The van der Waals surface area contributed by atoms with Crippen molar-refractivity contribution in [1.29, 1.82) is 0 Å². The van der Waals surface area contributed by atoms with Crippen LogP contribution in [0.15, 0.2) is 71.6 Å². The zero-order valence-corrected chi connectivity index (χ0v) is 27.7. The Morgan fingerprint density at radius 3 is 2.09 bits per heavy atom. The lowest BCUT2D eigenvalue weighted by atomic mass is 10.1. The summed E-state index contributed by atoms with van der Waals surface area (Å²) in [5, 5.41) is 3.15. The predicted molar refractivity (Wildman–Crippen MR) is 171 cm³/mol. The monoisotopic (exact) mass is 645 g/mol. The van der Waals surface area contributed by atoms with Gasteiger partial charge in [0.1, 0.15) is 18.3 Å². The number of methoxy groups -OCH3 is 3. The van der Waals surface area contributed by atoms with Crippen molar-refractivity contribution in [3.63, 3.8) is 0 Å². The largest absolute Gasteiger partial charge is 0.495 e. The first-order chi connectivity index (χ1) is 20.7. The van der Waals surface area contributed by atoms with Crippen molar-refractivity contribution in [2.75, 3.05) is 38.7 Å². The molecule has 10 nitrogen and oxygen atoms in total. The van der Waals surface area contributed by atoms with Crippen molar-refractivity contribution in [2.24, 2.45) is 0 Å². The van der Waals surface area contributed by atoms with Gasteiger partial charge in [0.05, 0.1) is 31.9 Å². The molecule has 1 atom stereocenters. The van der Waals surface area contributed by atoms with Gasteiger partial charge in [0.2, 0.25) is 11.8 Å². The first kappa shape index (κ1) is 34.5. The number of nitrogens with one attached hydrogen (secondary N) is 1. The molecule has 0 aliphatic heterocycles. The highest BCUT2D eigenvalue weighted by atomic mass is 35.5. The smallest absolute Gasteiger partial charge is 0.265 e. The van der Waals surface area contributed by atoms with Crippen molar-refractivity contribution in [3.8, 4) is 17.2 Å². The maximum Gasteiger partial charge on any atom is 0.265 e. The van der Waals surface area contributed by atoms with Gasteiger partial charge in [-0.3, -0.25) is 13.9 Å². The van der Waals surface area contributed by atoms with Crippen molar-refractivity contribution in [2.45, 2.75) is 50.6 Å². The highest BCUT2D eigenvalue weighted by Crippen LogP contribution is 2.37. The Morgan fingerprint density at radius 1 is 0.886 bits per heavy atom. The number of carbonyl (C=O) groups is 2. The van der Waals surface area contributed by atoms with E-state index in [-0.39, 0.29) is 39.6 Å². The molecule has 0 saturated carbocycles. The molecule has 0 bridgehead atoms. The average Bonchev–Trinajstić information content (AvgIpc) is 2.98. The summed E-state index contributed by atoms with van der Waals surface area (Å²) >= 11 is 6.31. The molecule has 3 rings (SSSR count). The number of ether oxygens (including phenoxy) is 3. The molecule has 0 aromatic heterocycles. The Kier molecular flexibility index (Phi) is 11.5. The lowest BCUT2D eigenvalue weighted by molar-refractivity contribution is -0.139. The van der Waals surface area contributed by atoms with E-state index in [4.69, 9.17) is 25.8 Å². The number of hydrogen-bond donors (Lipinski definition) is 1. The first-order valence-corrected chi connectivity index (χ1v) is 15.8. The van der Waals surface area contributed by atoms with Gasteiger partial charge in [-0.2, -0.15) is 0 Å². The van der Waals surface area contributed by atoms with E-state index >= 15 is 0 Å². The van der Waals surface area contributed by atoms with Crippen LogP contribution in [-0.4, -0.2) is 71.1 Å². The molecule has 1 N–H and O–H groups in total. The molecule has 44 heavy (non-hydrogen) atoms. The van der Waals surface area contributed by atoms with Gasteiger partial charge in [-0.25, -0.2) is 8.42 Å². The van der Waals surface area contributed by atoms with Crippen LogP contribution in [0.1, 0.15) is 33.3 Å². The molecule has 12 heteroatoms. The number of benzene rings is 3.